The molecular weight excluding hydrogens is 308 g/mol. The SMILES string of the molecule is Cc1cc(N2CC(C)(C)NC(=O)C2CO)ccc1Br. The quantitative estimate of drug-likeness (QED) is 0.871. The van der Waals surface area contributed by atoms with Crippen LogP contribution in [0, 0.1) is 6.92 Å². The van der Waals surface area contributed by atoms with Crippen molar-refractivity contribution >= 4 is 27.5 Å². The number of anilines is 1. The maximum absolute atomic E-state index is 12.1. The van der Waals surface area contributed by atoms with Gasteiger partial charge in [0.2, 0.25) is 5.91 Å². The molecule has 0 aromatic heterocycles. The van der Waals surface area contributed by atoms with E-state index in [0.29, 0.717) is 6.54 Å². The molecule has 1 amide bonds. The molecule has 2 rings (SSSR count). The Balaban J connectivity index is 2.38. The van der Waals surface area contributed by atoms with Gasteiger partial charge in [-0.2, -0.15) is 0 Å². The molecule has 1 unspecified atom stereocenters. The molecule has 1 aromatic carbocycles. The highest BCUT2D eigenvalue weighted by molar-refractivity contribution is 9.10. The second kappa shape index (κ2) is 5.13. The molecule has 1 aliphatic heterocycles. The lowest BCUT2D eigenvalue weighted by atomic mass is 9.97. The summed E-state index contributed by atoms with van der Waals surface area (Å²) >= 11 is 3.47. The average Bonchev–Trinajstić information content (AvgIpc) is 2.30. The smallest absolute Gasteiger partial charge is 0.245 e. The van der Waals surface area contributed by atoms with Gasteiger partial charge in [-0.3, -0.25) is 4.79 Å². The molecule has 0 radical (unpaired) electrons. The van der Waals surface area contributed by atoms with Gasteiger partial charge >= 0.3 is 0 Å². The van der Waals surface area contributed by atoms with E-state index in [-0.39, 0.29) is 18.1 Å². The molecule has 0 bridgehead atoms. The van der Waals surface area contributed by atoms with Crippen LogP contribution in [0.5, 0.6) is 0 Å². The Hall–Kier alpha value is -1.07. The molecule has 0 saturated carbocycles. The van der Waals surface area contributed by atoms with E-state index in [1.165, 1.54) is 0 Å². The third-order valence-corrected chi connectivity index (χ3v) is 4.24. The van der Waals surface area contributed by atoms with Crippen LogP contribution in [0.3, 0.4) is 0 Å². The molecule has 1 saturated heterocycles. The first kappa shape index (κ1) is 14.3. The number of hydrogen-bond acceptors (Lipinski definition) is 3. The summed E-state index contributed by atoms with van der Waals surface area (Å²) in [4.78, 5) is 14.0. The lowest BCUT2D eigenvalue weighted by molar-refractivity contribution is -0.126. The Kier molecular flexibility index (Phi) is 3.87. The first-order chi connectivity index (χ1) is 8.84. The number of nitrogens with zero attached hydrogens (tertiary/aromatic N) is 1. The van der Waals surface area contributed by atoms with E-state index in [2.05, 4.69) is 21.2 Å². The van der Waals surface area contributed by atoms with Crippen LogP contribution in [0.4, 0.5) is 5.69 Å². The summed E-state index contributed by atoms with van der Waals surface area (Å²) < 4.78 is 1.04. The molecule has 1 aliphatic rings. The third-order valence-electron chi connectivity index (χ3n) is 3.35. The number of hydrogen-bond donors (Lipinski definition) is 2. The van der Waals surface area contributed by atoms with Crippen LogP contribution >= 0.6 is 15.9 Å². The monoisotopic (exact) mass is 326 g/mol. The molecule has 104 valence electrons. The summed E-state index contributed by atoms with van der Waals surface area (Å²) in [6.45, 7) is 6.47. The van der Waals surface area contributed by atoms with Crippen LogP contribution < -0.4 is 10.2 Å². The van der Waals surface area contributed by atoms with Crippen molar-refractivity contribution < 1.29 is 9.90 Å². The van der Waals surface area contributed by atoms with Crippen LogP contribution in [-0.2, 0) is 4.79 Å². The predicted octanol–water partition coefficient (Wildman–Crippen LogP) is 1.83. The number of carbonyl (C=O) groups excluding carboxylic acids is 1. The average molecular weight is 327 g/mol. The molecule has 19 heavy (non-hydrogen) atoms. The summed E-state index contributed by atoms with van der Waals surface area (Å²) in [5.74, 6) is -0.126. The van der Waals surface area contributed by atoms with Crippen LogP contribution in [0.1, 0.15) is 19.4 Å². The van der Waals surface area contributed by atoms with E-state index < -0.39 is 6.04 Å². The molecule has 0 spiro atoms. The van der Waals surface area contributed by atoms with Crippen molar-refractivity contribution in [2.75, 3.05) is 18.1 Å². The number of aliphatic hydroxyl groups excluding tert-OH is 1. The maximum atomic E-state index is 12.1. The molecule has 1 aromatic rings. The highest BCUT2D eigenvalue weighted by Gasteiger charge is 2.38. The third kappa shape index (κ3) is 2.92. The fourth-order valence-corrected chi connectivity index (χ4v) is 2.64. The summed E-state index contributed by atoms with van der Waals surface area (Å²) in [7, 11) is 0. The van der Waals surface area contributed by atoms with Gasteiger partial charge < -0.3 is 15.3 Å². The number of benzene rings is 1. The minimum atomic E-state index is -0.520. The van der Waals surface area contributed by atoms with E-state index in [1.807, 2.05) is 43.9 Å². The number of halogens is 1. The van der Waals surface area contributed by atoms with Gasteiger partial charge in [0.05, 0.1) is 12.1 Å². The zero-order valence-electron chi connectivity index (χ0n) is 11.4. The number of nitrogens with one attached hydrogen (secondary N) is 1. The first-order valence-corrected chi connectivity index (χ1v) is 7.09. The molecule has 5 heteroatoms. The van der Waals surface area contributed by atoms with E-state index in [9.17, 15) is 9.90 Å². The number of carbonyl (C=O) groups is 1. The lowest BCUT2D eigenvalue weighted by Gasteiger charge is -2.44. The highest BCUT2D eigenvalue weighted by Crippen LogP contribution is 2.27. The Morgan fingerprint density at radius 1 is 1.53 bits per heavy atom. The number of aliphatic hydroxyl groups is 1. The summed E-state index contributed by atoms with van der Waals surface area (Å²) in [6.07, 6.45) is 0. The standard InChI is InChI=1S/C14H19BrN2O2/c1-9-6-10(4-5-11(9)15)17-8-14(2,3)16-13(19)12(17)7-18/h4-6,12,18H,7-8H2,1-3H3,(H,16,19). The maximum Gasteiger partial charge on any atom is 0.245 e. The zero-order chi connectivity index (χ0) is 14.2. The number of aryl methyl sites for hydroxylation is 1. The van der Waals surface area contributed by atoms with Gasteiger partial charge in [0.15, 0.2) is 0 Å². The van der Waals surface area contributed by atoms with E-state index in [4.69, 9.17) is 0 Å². The Labute approximate surface area is 121 Å². The van der Waals surface area contributed by atoms with Crippen molar-refractivity contribution in [3.05, 3.63) is 28.2 Å². The lowest BCUT2D eigenvalue weighted by Crippen LogP contribution is -2.66. The molecule has 1 fully saturated rings. The molecule has 1 atom stereocenters. The Morgan fingerprint density at radius 3 is 2.79 bits per heavy atom. The van der Waals surface area contributed by atoms with Crippen LogP contribution in [0.25, 0.3) is 0 Å². The van der Waals surface area contributed by atoms with Crippen molar-refractivity contribution in [1.82, 2.24) is 5.32 Å². The second-order valence-electron chi connectivity index (χ2n) is 5.63. The normalized spacial score (nSPS) is 22.3. The van der Waals surface area contributed by atoms with Crippen LogP contribution in [-0.4, -0.2) is 35.7 Å². The van der Waals surface area contributed by atoms with Crippen molar-refractivity contribution in [2.24, 2.45) is 0 Å². The minimum Gasteiger partial charge on any atom is -0.394 e. The van der Waals surface area contributed by atoms with E-state index >= 15 is 0 Å². The summed E-state index contributed by atoms with van der Waals surface area (Å²) in [5, 5.41) is 12.4. The van der Waals surface area contributed by atoms with E-state index in [1.54, 1.807) is 0 Å². The molecule has 1 heterocycles. The minimum absolute atomic E-state index is 0.126. The van der Waals surface area contributed by atoms with Gasteiger partial charge in [-0.25, -0.2) is 0 Å². The number of rotatable bonds is 2. The van der Waals surface area contributed by atoms with Crippen molar-refractivity contribution in [2.45, 2.75) is 32.4 Å². The van der Waals surface area contributed by atoms with Gasteiger partial charge in [-0.1, -0.05) is 15.9 Å². The Morgan fingerprint density at radius 2 is 2.21 bits per heavy atom. The largest absolute Gasteiger partial charge is 0.394 e. The van der Waals surface area contributed by atoms with Gasteiger partial charge in [-0.15, -0.1) is 0 Å². The zero-order valence-corrected chi connectivity index (χ0v) is 13.0. The topological polar surface area (TPSA) is 52.6 Å². The van der Waals surface area contributed by atoms with Crippen LogP contribution in [0.2, 0.25) is 0 Å². The number of piperazine rings is 1. The van der Waals surface area contributed by atoms with Gasteiger partial charge in [0, 0.05) is 16.7 Å². The van der Waals surface area contributed by atoms with E-state index in [0.717, 1.165) is 15.7 Å². The van der Waals surface area contributed by atoms with Crippen molar-refractivity contribution in [1.29, 1.82) is 0 Å². The highest BCUT2D eigenvalue weighted by atomic mass is 79.9. The van der Waals surface area contributed by atoms with Crippen LogP contribution in [0.15, 0.2) is 22.7 Å². The molecule has 0 aliphatic carbocycles. The second-order valence-corrected chi connectivity index (χ2v) is 6.49. The van der Waals surface area contributed by atoms with Gasteiger partial charge in [0.1, 0.15) is 6.04 Å². The Bertz CT molecular complexity index is 502. The molecule has 4 nitrogen and oxygen atoms in total. The number of amides is 1. The fourth-order valence-electron chi connectivity index (χ4n) is 2.39. The van der Waals surface area contributed by atoms with Crippen molar-refractivity contribution in [3.8, 4) is 0 Å². The molecular formula is C14H19BrN2O2. The van der Waals surface area contributed by atoms with Gasteiger partial charge in [0.25, 0.3) is 0 Å². The first-order valence-electron chi connectivity index (χ1n) is 6.30. The van der Waals surface area contributed by atoms with Gasteiger partial charge in [-0.05, 0) is 44.5 Å². The predicted molar refractivity (Wildman–Crippen MR) is 79.3 cm³/mol. The molecule has 2 N–H and O–H groups in total. The summed E-state index contributed by atoms with van der Waals surface area (Å²) in [5.41, 5.74) is 1.77. The van der Waals surface area contributed by atoms with Crippen molar-refractivity contribution in [3.63, 3.8) is 0 Å². The summed E-state index contributed by atoms with van der Waals surface area (Å²) in [6, 6.07) is 5.45. The fraction of sp³-hybridized carbons (Fsp3) is 0.500.